The van der Waals surface area contributed by atoms with Gasteiger partial charge in [0, 0.05) is 25.5 Å². The molecule has 0 aliphatic carbocycles. The fourth-order valence-corrected chi connectivity index (χ4v) is 3.35. The molecule has 0 radical (unpaired) electrons. The van der Waals surface area contributed by atoms with Gasteiger partial charge in [0.1, 0.15) is 0 Å². The first-order valence-electron chi connectivity index (χ1n) is 9.70. The lowest BCUT2D eigenvalue weighted by molar-refractivity contribution is -0.126. The van der Waals surface area contributed by atoms with Gasteiger partial charge in [-0.25, -0.2) is 4.98 Å². The summed E-state index contributed by atoms with van der Waals surface area (Å²) in [4.78, 5) is 16.5. The van der Waals surface area contributed by atoms with Gasteiger partial charge < -0.3 is 15.6 Å². The van der Waals surface area contributed by atoms with Crippen molar-refractivity contribution >= 4 is 18.3 Å². The predicted octanol–water partition coefficient (Wildman–Crippen LogP) is 4.15. The minimum Gasteiger partial charge on any atom is -0.350 e. The Labute approximate surface area is 178 Å². The quantitative estimate of drug-likeness (QED) is 0.583. The van der Waals surface area contributed by atoms with Gasteiger partial charge in [-0.3, -0.25) is 4.79 Å². The van der Waals surface area contributed by atoms with Crippen LogP contribution in [0.4, 0.5) is 0 Å². The lowest BCUT2D eigenvalue weighted by atomic mass is 9.95. The van der Waals surface area contributed by atoms with Crippen molar-refractivity contribution in [1.82, 2.24) is 14.9 Å². The Morgan fingerprint density at radius 2 is 1.90 bits per heavy atom. The van der Waals surface area contributed by atoms with Crippen molar-refractivity contribution in [3.63, 3.8) is 0 Å². The lowest BCUT2D eigenvalue weighted by Crippen LogP contribution is -2.51. The van der Waals surface area contributed by atoms with Crippen LogP contribution in [-0.2, 0) is 17.9 Å². The Kier molecular flexibility index (Phi) is 8.00. The van der Waals surface area contributed by atoms with Crippen molar-refractivity contribution in [2.75, 3.05) is 0 Å². The fourth-order valence-electron chi connectivity index (χ4n) is 3.35. The van der Waals surface area contributed by atoms with Crippen LogP contribution in [0, 0.1) is 0 Å². The molecular formula is C23H29ClN4O. The summed E-state index contributed by atoms with van der Waals surface area (Å²) in [6.45, 7) is 5.08. The molecule has 0 fully saturated rings. The molecule has 3 aromatic rings. The zero-order valence-corrected chi connectivity index (χ0v) is 17.8. The summed E-state index contributed by atoms with van der Waals surface area (Å²) in [6.07, 6.45) is 7.10. The minimum atomic E-state index is -0.835. The Balaban J connectivity index is 0.00000300. The third kappa shape index (κ3) is 5.92. The van der Waals surface area contributed by atoms with Gasteiger partial charge in [0.05, 0.1) is 11.9 Å². The number of hydrogen-bond donors (Lipinski definition) is 2. The van der Waals surface area contributed by atoms with E-state index in [2.05, 4.69) is 40.6 Å². The molecule has 1 aromatic heterocycles. The molecule has 29 heavy (non-hydrogen) atoms. The van der Waals surface area contributed by atoms with Crippen molar-refractivity contribution in [2.45, 2.75) is 45.3 Å². The summed E-state index contributed by atoms with van der Waals surface area (Å²) in [5.41, 5.74) is 9.84. The largest absolute Gasteiger partial charge is 0.350 e. The SMILES string of the molecule is CCCC(C)(N)C(=O)NCc1ccccc1-c1ccc(Cn2ccnc2)cc1.Cl. The molecular weight excluding hydrogens is 384 g/mol. The zero-order valence-electron chi connectivity index (χ0n) is 17.0. The first kappa shape index (κ1) is 22.7. The predicted molar refractivity (Wildman–Crippen MR) is 120 cm³/mol. The van der Waals surface area contributed by atoms with Crippen molar-refractivity contribution < 1.29 is 4.79 Å². The van der Waals surface area contributed by atoms with Gasteiger partial charge in [-0.05, 0) is 35.6 Å². The Hall–Kier alpha value is -2.63. The molecule has 1 unspecified atom stereocenters. The summed E-state index contributed by atoms with van der Waals surface area (Å²) < 4.78 is 2.04. The van der Waals surface area contributed by atoms with E-state index in [9.17, 15) is 4.79 Å². The number of benzene rings is 2. The van der Waals surface area contributed by atoms with Crippen LogP contribution in [0.3, 0.4) is 0 Å². The molecule has 0 saturated heterocycles. The van der Waals surface area contributed by atoms with Gasteiger partial charge in [-0.2, -0.15) is 0 Å². The van der Waals surface area contributed by atoms with Gasteiger partial charge >= 0.3 is 0 Å². The summed E-state index contributed by atoms with van der Waals surface area (Å²) in [7, 11) is 0. The van der Waals surface area contributed by atoms with Gasteiger partial charge in [0.15, 0.2) is 0 Å². The van der Waals surface area contributed by atoms with Crippen LogP contribution < -0.4 is 11.1 Å². The second kappa shape index (κ2) is 10.2. The average Bonchev–Trinajstić information content (AvgIpc) is 3.20. The van der Waals surface area contributed by atoms with Crippen molar-refractivity contribution in [2.24, 2.45) is 5.73 Å². The molecule has 2 aromatic carbocycles. The monoisotopic (exact) mass is 412 g/mol. The molecule has 0 aliphatic heterocycles. The maximum atomic E-state index is 12.4. The number of nitrogens with zero attached hydrogens (tertiary/aromatic N) is 2. The average molecular weight is 413 g/mol. The van der Waals surface area contributed by atoms with E-state index in [0.717, 1.165) is 29.7 Å². The number of hydrogen-bond acceptors (Lipinski definition) is 3. The third-order valence-electron chi connectivity index (χ3n) is 4.93. The van der Waals surface area contributed by atoms with Gasteiger partial charge in [0.2, 0.25) is 5.91 Å². The van der Waals surface area contributed by atoms with E-state index >= 15 is 0 Å². The number of halogens is 1. The van der Waals surface area contributed by atoms with E-state index in [-0.39, 0.29) is 18.3 Å². The maximum Gasteiger partial charge on any atom is 0.240 e. The van der Waals surface area contributed by atoms with Gasteiger partial charge in [-0.1, -0.05) is 61.9 Å². The van der Waals surface area contributed by atoms with E-state index in [1.54, 1.807) is 13.1 Å². The molecule has 1 atom stereocenters. The number of nitrogens with two attached hydrogens (primary N) is 1. The first-order valence-corrected chi connectivity index (χ1v) is 9.70. The summed E-state index contributed by atoms with van der Waals surface area (Å²) in [5, 5.41) is 3.00. The van der Waals surface area contributed by atoms with Gasteiger partial charge in [-0.15, -0.1) is 12.4 Å². The van der Waals surface area contributed by atoms with Crippen molar-refractivity contribution in [3.05, 3.63) is 78.4 Å². The number of carbonyl (C=O) groups is 1. The summed E-state index contributed by atoms with van der Waals surface area (Å²) in [5.74, 6) is -0.111. The molecule has 0 aliphatic rings. The Bertz CT molecular complexity index is 905. The highest BCUT2D eigenvalue weighted by atomic mass is 35.5. The van der Waals surface area contributed by atoms with Crippen molar-refractivity contribution in [3.8, 4) is 11.1 Å². The first-order chi connectivity index (χ1) is 13.5. The van der Waals surface area contributed by atoms with Crippen LogP contribution in [0.25, 0.3) is 11.1 Å². The van der Waals surface area contributed by atoms with E-state index < -0.39 is 5.54 Å². The molecule has 6 heteroatoms. The molecule has 0 saturated carbocycles. The summed E-state index contributed by atoms with van der Waals surface area (Å²) in [6, 6.07) is 16.6. The Morgan fingerprint density at radius 3 is 2.55 bits per heavy atom. The Morgan fingerprint density at radius 1 is 1.17 bits per heavy atom. The van der Waals surface area contributed by atoms with E-state index in [1.165, 1.54) is 5.56 Å². The second-order valence-corrected chi connectivity index (χ2v) is 7.44. The molecule has 0 spiro atoms. The van der Waals surface area contributed by atoms with Crippen LogP contribution in [-0.4, -0.2) is 21.0 Å². The molecule has 1 amide bonds. The highest BCUT2D eigenvalue weighted by molar-refractivity contribution is 5.86. The van der Waals surface area contributed by atoms with Crippen LogP contribution in [0.5, 0.6) is 0 Å². The smallest absolute Gasteiger partial charge is 0.240 e. The number of carbonyl (C=O) groups excluding carboxylic acids is 1. The fraction of sp³-hybridized carbons (Fsp3) is 0.304. The summed E-state index contributed by atoms with van der Waals surface area (Å²) >= 11 is 0. The molecule has 1 heterocycles. The van der Waals surface area contributed by atoms with Crippen LogP contribution in [0.1, 0.15) is 37.8 Å². The lowest BCUT2D eigenvalue weighted by Gasteiger charge is -2.23. The number of rotatable bonds is 8. The number of amides is 1. The highest BCUT2D eigenvalue weighted by Crippen LogP contribution is 2.24. The minimum absolute atomic E-state index is 0. The van der Waals surface area contributed by atoms with Gasteiger partial charge in [0.25, 0.3) is 0 Å². The van der Waals surface area contributed by atoms with Crippen LogP contribution in [0.15, 0.2) is 67.3 Å². The number of nitrogens with one attached hydrogen (secondary N) is 1. The van der Waals surface area contributed by atoms with Crippen molar-refractivity contribution in [1.29, 1.82) is 0 Å². The molecule has 3 rings (SSSR count). The second-order valence-electron chi connectivity index (χ2n) is 7.44. The van der Waals surface area contributed by atoms with E-state index in [4.69, 9.17) is 5.73 Å². The zero-order chi connectivity index (χ0) is 20.0. The van der Waals surface area contributed by atoms with Crippen LogP contribution >= 0.6 is 12.4 Å². The normalized spacial score (nSPS) is 12.7. The third-order valence-corrected chi connectivity index (χ3v) is 4.93. The molecule has 5 nitrogen and oxygen atoms in total. The number of imidazole rings is 1. The van der Waals surface area contributed by atoms with E-state index in [0.29, 0.717) is 13.0 Å². The van der Waals surface area contributed by atoms with E-state index in [1.807, 2.05) is 42.2 Å². The highest BCUT2D eigenvalue weighted by Gasteiger charge is 2.26. The maximum absolute atomic E-state index is 12.4. The molecule has 0 bridgehead atoms. The van der Waals surface area contributed by atoms with Crippen LogP contribution in [0.2, 0.25) is 0 Å². The molecule has 154 valence electrons. The topological polar surface area (TPSA) is 72.9 Å². The molecule has 3 N–H and O–H groups in total. The number of aromatic nitrogens is 2. The standard InChI is InChI=1S/C23H28N4O.ClH/c1-3-12-23(2,24)22(28)26-15-20-6-4-5-7-21(20)19-10-8-18(9-11-19)16-27-14-13-25-17-27;/h4-11,13-14,17H,3,12,15-16,24H2,1-2H3,(H,26,28);1H.